The van der Waals surface area contributed by atoms with Crippen LogP contribution in [0.4, 0.5) is 10.1 Å². The van der Waals surface area contributed by atoms with Crippen molar-refractivity contribution in [1.82, 2.24) is 10.6 Å². The first-order chi connectivity index (χ1) is 8.56. The molecule has 0 spiro atoms. The van der Waals surface area contributed by atoms with Crippen LogP contribution >= 0.6 is 15.9 Å². The van der Waals surface area contributed by atoms with E-state index in [2.05, 4.69) is 31.9 Å². The van der Waals surface area contributed by atoms with E-state index in [1.165, 1.54) is 12.1 Å². The van der Waals surface area contributed by atoms with Gasteiger partial charge < -0.3 is 10.6 Å². The van der Waals surface area contributed by atoms with Gasteiger partial charge in [-0.1, -0.05) is 15.9 Å². The van der Waals surface area contributed by atoms with Crippen LogP contribution in [0.15, 0.2) is 22.7 Å². The molecule has 3 N–H and O–H groups in total. The van der Waals surface area contributed by atoms with Gasteiger partial charge in [-0.25, -0.2) is 4.39 Å². The summed E-state index contributed by atoms with van der Waals surface area (Å²) in [6.07, 6.45) is 0. The molecule has 0 bridgehead atoms. The van der Waals surface area contributed by atoms with E-state index in [0.29, 0.717) is 4.47 Å². The first-order valence-corrected chi connectivity index (χ1v) is 6.11. The lowest BCUT2D eigenvalue weighted by molar-refractivity contribution is -0.124. The number of carbonyl (C=O) groups excluding carboxylic acids is 2. The SMILES string of the molecule is O=C1CNC(C(=O)Nc2ccc(Br)cc2F)CN1. The third-order valence-electron chi connectivity index (χ3n) is 2.52. The van der Waals surface area contributed by atoms with Gasteiger partial charge in [0, 0.05) is 11.0 Å². The lowest BCUT2D eigenvalue weighted by atomic mass is 10.2. The summed E-state index contributed by atoms with van der Waals surface area (Å²) in [6, 6.07) is 3.82. The number of hydrogen-bond acceptors (Lipinski definition) is 3. The molecule has 0 aliphatic carbocycles. The van der Waals surface area contributed by atoms with E-state index in [1.54, 1.807) is 6.07 Å². The molecule has 0 aromatic heterocycles. The maximum atomic E-state index is 13.5. The van der Waals surface area contributed by atoms with E-state index >= 15 is 0 Å². The summed E-state index contributed by atoms with van der Waals surface area (Å²) in [7, 11) is 0. The second kappa shape index (κ2) is 5.45. The predicted octanol–water partition coefficient (Wildman–Crippen LogP) is 0.615. The highest BCUT2D eigenvalue weighted by Crippen LogP contribution is 2.19. The van der Waals surface area contributed by atoms with Crippen LogP contribution in [0.25, 0.3) is 0 Å². The molecular weight excluding hydrogens is 305 g/mol. The Labute approximate surface area is 111 Å². The van der Waals surface area contributed by atoms with E-state index in [-0.39, 0.29) is 30.6 Å². The van der Waals surface area contributed by atoms with Gasteiger partial charge in [0.05, 0.1) is 12.2 Å². The van der Waals surface area contributed by atoms with Crippen LogP contribution in [0.1, 0.15) is 0 Å². The van der Waals surface area contributed by atoms with E-state index in [0.717, 1.165) is 0 Å². The van der Waals surface area contributed by atoms with Crippen LogP contribution in [0.2, 0.25) is 0 Å². The number of piperazine rings is 1. The maximum absolute atomic E-state index is 13.5. The Morgan fingerprint density at radius 3 is 2.89 bits per heavy atom. The number of hydrogen-bond donors (Lipinski definition) is 3. The van der Waals surface area contributed by atoms with Gasteiger partial charge in [0.25, 0.3) is 0 Å². The number of benzene rings is 1. The van der Waals surface area contributed by atoms with Crippen LogP contribution in [-0.4, -0.2) is 30.9 Å². The smallest absolute Gasteiger partial charge is 0.243 e. The minimum Gasteiger partial charge on any atom is -0.353 e. The van der Waals surface area contributed by atoms with Crippen molar-refractivity contribution < 1.29 is 14.0 Å². The van der Waals surface area contributed by atoms with Crippen LogP contribution in [-0.2, 0) is 9.59 Å². The Hall–Kier alpha value is -1.47. The summed E-state index contributed by atoms with van der Waals surface area (Å²) in [5.74, 6) is -1.05. The maximum Gasteiger partial charge on any atom is 0.243 e. The molecule has 1 saturated heterocycles. The minimum absolute atomic E-state index is 0.0842. The Balaban J connectivity index is 2.00. The first-order valence-electron chi connectivity index (χ1n) is 5.32. The van der Waals surface area contributed by atoms with Gasteiger partial charge in [0.1, 0.15) is 11.9 Å². The molecule has 96 valence electrons. The molecule has 1 heterocycles. The summed E-state index contributed by atoms with van der Waals surface area (Å²) in [4.78, 5) is 22.7. The molecule has 5 nitrogen and oxygen atoms in total. The predicted molar refractivity (Wildman–Crippen MR) is 67.5 cm³/mol. The Morgan fingerprint density at radius 1 is 1.50 bits per heavy atom. The molecule has 1 fully saturated rings. The van der Waals surface area contributed by atoms with Crippen LogP contribution in [0, 0.1) is 5.82 Å². The fourth-order valence-electron chi connectivity index (χ4n) is 1.56. The normalized spacial score (nSPS) is 19.2. The molecule has 1 aliphatic rings. The van der Waals surface area contributed by atoms with Crippen molar-refractivity contribution in [1.29, 1.82) is 0 Å². The summed E-state index contributed by atoms with van der Waals surface area (Å²) in [5, 5.41) is 7.80. The summed E-state index contributed by atoms with van der Waals surface area (Å²) >= 11 is 3.13. The third-order valence-corrected chi connectivity index (χ3v) is 3.01. The van der Waals surface area contributed by atoms with Crippen molar-refractivity contribution in [3.63, 3.8) is 0 Å². The molecule has 1 unspecified atom stereocenters. The van der Waals surface area contributed by atoms with Crippen molar-refractivity contribution >= 4 is 33.4 Å². The average molecular weight is 316 g/mol. The van der Waals surface area contributed by atoms with E-state index in [1.807, 2.05) is 0 Å². The topological polar surface area (TPSA) is 70.2 Å². The largest absolute Gasteiger partial charge is 0.353 e. The third kappa shape index (κ3) is 3.05. The monoisotopic (exact) mass is 315 g/mol. The van der Waals surface area contributed by atoms with Gasteiger partial charge in [-0.3, -0.25) is 14.9 Å². The number of rotatable bonds is 2. The molecule has 1 aromatic rings. The Morgan fingerprint density at radius 2 is 2.28 bits per heavy atom. The Bertz CT molecular complexity index is 485. The van der Waals surface area contributed by atoms with Gasteiger partial charge >= 0.3 is 0 Å². The van der Waals surface area contributed by atoms with Crippen molar-refractivity contribution in [2.75, 3.05) is 18.4 Å². The van der Waals surface area contributed by atoms with Crippen LogP contribution < -0.4 is 16.0 Å². The molecule has 1 aromatic carbocycles. The molecule has 1 atom stereocenters. The van der Waals surface area contributed by atoms with Crippen molar-refractivity contribution in [2.45, 2.75) is 6.04 Å². The first kappa shape index (κ1) is 13.0. The summed E-state index contributed by atoms with van der Waals surface area (Å²) in [6.45, 7) is 0.281. The molecular formula is C11H11BrFN3O2. The van der Waals surface area contributed by atoms with Gasteiger partial charge in [-0.05, 0) is 18.2 Å². The minimum atomic E-state index is -0.550. The number of anilines is 1. The number of nitrogens with one attached hydrogen (secondary N) is 3. The van der Waals surface area contributed by atoms with Crippen molar-refractivity contribution in [3.8, 4) is 0 Å². The molecule has 1 aliphatic heterocycles. The van der Waals surface area contributed by atoms with Gasteiger partial charge in [-0.2, -0.15) is 0 Å². The highest BCUT2D eigenvalue weighted by Gasteiger charge is 2.24. The van der Waals surface area contributed by atoms with Crippen molar-refractivity contribution in [2.24, 2.45) is 0 Å². The molecule has 0 radical (unpaired) electrons. The van der Waals surface area contributed by atoms with Gasteiger partial charge in [0.2, 0.25) is 11.8 Å². The number of carbonyl (C=O) groups is 2. The van der Waals surface area contributed by atoms with Gasteiger partial charge in [0.15, 0.2) is 0 Å². The zero-order valence-electron chi connectivity index (χ0n) is 9.30. The second-order valence-electron chi connectivity index (χ2n) is 3.85. The molecule has 2 amide bonds. The Kier molecular flexibility index (Phi) is 3.93. The molecule has 18 heavy (non-hydrogen) atoms. The van der Waals surface area contributed by atoms with Crippen molar-refractivity contribution in [3.05, 3.63) is 28.5 Å². The van der Waals surface area contributed by atoms with E-state index in [9.17, 15) is 14.0 Å². The van der Waals surface area contributed by atoms with Gasteiger partial charge in [-0.15, -0.1) is 0 Å². The van der Waals surface area contributed by atoms with Crippen LogP contribution in [0.5, 0.6) is 0 Å². The van der Waals surface area contributed by atoms with E-state index in [4.69, 9.17) is 0 Å². The molecule has 7 heteroatoms. The standard InChI is InChI=1S/C11H11BrFN3O2/c12-6-1-2-8(7(13)3-6)16-11(18)9-4-15-10(17)5-14-9/h1-3,9,14H,4-5H2,(H,15,17)(H,16,18). The second-order valence-corrected chi connectivity index (χ2v) is 4.77. The lowest BCUT2D eigenvalue weighted by Crippen LogP contribution is -2.56. The zero-order valence-corrected chi connectivity index (χ0v) is 10.9. The quantitative estimate of drug-likeness (QED) is 0.749. The fourth-order valence-corrected chi connectivity index (χ4v) is 1.90. The molecule has 2 rings (SSSR count). The number of halogens is 2. The average Bonchev–Trinajstić information content (AvgIpc) is 2.33. The van der Waals surface area contributed by atoms with E-state index < -0.39 is 11.9 Å². The highest BCUT2D eigenvalue weighted by molar-refractivity contribution is 9.10. The lowest BCUT2D eigenvalue weighted by Gasteiger charge is -2.23. The zero-order chi connectivity index (χ0) is 13.1. The highest BCUT2D eigenvalue weighted by atomic mass is 79.9. The number of amides is 2. The summed E-state index contributed by atoms with van der Waals surface area (Å²) < 4.78 is 14.1. The fraction of sp³-hybridized carbons (Fsp3) is 0.273. The van der Waals surface area contributed by atoms with Crippen LogP contribution in [0.3, 0.4) is 0 Å². The summed E-state index contributed by atoms with van der Waals surface area (Å²) in [5.41, 5.74) is 0.113. The molecule has 0 saturated carbocycles.